The van der Waals surface area contributed by atoms with E-state index >= 15 is 0 Å². The molecule has 0 aromatic heterocycles. The second kappa shape index (κ2) is 5.01. The molecule has 0 spiro atoms. The minimum absolute atomic E-state index is 0.156. The number of hydrogen-bond acceptors (Lipinski definition) is 1. The van der Waals surface area contributed by atoms with Gasteiger partial charge in [0.1, 0.15) is 5.75 Å². The Kier molecular flexibility index (Phi) is 3.60. The van der Waals surface area contributed by atoms with Crippen LogP contribution in [0.4, 0.5) is 0 Å². The fourth-order valence-corrected chi connectivity index (χ4v) is 2.19. The first-order chi connectivity index (χ1) is 8.49. The summed E-state index contributed by atoms with van der Waals surface area (Å²) < 4.78 is 5.42. The van der Waals surface area contributed by atoms with Crippen molar-refractivity contribution < 1.29 is 4.74 Å². The van der Waals surface area contributed by atoms with Crippen LogP contribution in [-0.2, 0) is 11.8 Å². The second-order valence-corrected chi connectivity index (χ2v) is 5.91. The summed E-state index contributed by atoms with van der Waals surface area (Å²) in [4.78, 5) is 0. The standard InChI is InChI=1S/C17H22O/c1-17(2,3)15-10-14(11-16(12-15)18-4)9-13-7-5-6-8-13/h5,7-8,10-12H,6,9H2,1-4H3. The van der Waals surface area contributed by atoms with E-state index < -0.39 is 0 Å². The summed E-state index contributed by atoms with van der Waals surface area (Å²) >= 11 is 0. The highest BCUT2D eigenvalue weighted by Gasteiger charge is 2.16. The lowest BCUT2D eigenvalue weighted by molar-refractivity contribution is 0.412. The molecule has 0 radical (unpaired) electrons. The van der Waals surface area contributed by atoms with Crippen molar-refractivity contribution in [2.45, 2.75) is 39.0 Å². The minimum atomic E-state index is 0.156. The van der Waals surface area contributed by atoms with Crippen molar-refractivity contribution in [2.75, 3.05) is 7.11 Å². The predicted molar refractivity (Wildman–Crippen MR) is 77.2 cm³/mol. The van der Waals surface area contributed by atoms with Gasteiger partial charge in [-0.1, -0.05) is 45.1 Å². The van der Waals surface area contributed by atoms with Crippen LogP contribution in [0.1, 0.15) is 38.3 Å². The molecule has 1 aromatic carbocycles. The molecule has 2 rings (SSSR count). The summed E-state index contributed by atoms with van der Waals surface area (Å²) in [6.07, 6.45) is 8.79. The van der Waals surface area contributed by atoms with Crippen LogP contribution in [0.15, 0.2) is 42.0 Å². The number of ether oxygens (including phenoxy) is 1. The van der Waals surface area contributed by atoms with E-state index in [4.69, 9.17) is 4.74 Å². The molecule has 0 heterocycles. The number of benzene rings is 1. The number of rotatable bonds is 3. The van der Waals surface area contributed by atoms with E-state index in [-0.39, 0.29) is 5.41 Å². The zero-order valence-electron chi connectivity index (χ0n) is 11.8. The van der Waals surface area contributed by atoms with E-state index in [0.29, 0.717) is 0 Å². The van der Waals surface area contributed by atoms with Gasteiger partial charge in [-0.25, -0.2) is 0 Å². The van der Waals surface area contributed by atoms with Crippen molar-refractivity contribution in [1.29, 1.82) is 0 Å². The van der Waals surface area contributed by atoms with E-state index in [9.17, 15) is 0 Å². The monoisotopic (exact) mass is 242 g/mol. The van der Waals surface area contributed by atoms with Gasteiger partial charge in [0.05, 0.1) is 7.11 Å². The zero-order chi connectivity index (χ0) is 13.2. The Balaban J connectivity index is 2.32. The Bertz CT molecular complexity index is 487. The van der Waals surface area contributed by atoms with Crippen molar-refractivity contribution in [3.05, 3.63) is 53.1 Å². The lowest BCUT2D eigenvalue weighted by Crippen LogP contribution is -2.11. The van der Waals surface area contributed by atoms with E-state index in [0.717, 1.165) is 18.6 Å². The molecule has 0 N–H and O–H groups in total. The van der Waals surface area contributed by atoms with Crippen molar-refractivity contribution in [2.24, 2.45) is 0 Å². The third-order valence-electron chi connectivity index (χ3n) is 3.32. The van der Waals surface area contributed by atoms with Gasteiger partial charge >= 0.3 is 0 Å². The SMILES string of the molecule is COc1cc(CC2=CCC=C2)cc(C(C)(C)C)c1. The highest BCUT2D eigenvalue weighted by atomic mass is 16.5. The zero-order valence-corrected chi connectivity index (χ0v) is 11.8. The maximum absolute atomic E-state index is 5.42. The van der Waals surface area contributed by atoms with Gasteiger partial charge in [0.25, 0.3) is 0 Å². The molecule has 0 amide bonds. The molecule has 0 saturated heterocycles. The smallest absolute Gasteiger partial charge is 0.119 e. The molecule has 0 fully saturated rings. The topological polar surface area (TPSA) is 9.23 Å². The molecule has 1 aliphatic rings. The molecule has 0 atom stereocenters. The Hall–Kier alpha value is -1.50. The first-order valence-electron chi connectivity index (χ1n) is 6.53. The number of hydrogen-bond donors (Lipinski definition) is 0. The Morgan fingerprint density at radius 1 is 1.17 bits per heavy atom. The molecule has 96 valence electrons. The van der Waals surface area contributed by atoms with Gasteiger partial charge in [0, 0.05) is 0 Å². The highest BCUT2D eigenvalue weighted by molar-refractivity contribution is 5.41. The van der Waals surface area contributed by atoms with Crippen molar-refractivity contribution in [1.82, 2.24) is 0 Å². The van der Waals surface area contributed by atoms with Crippen LogP contribution in [0.5, 0.6) is 5.75 Å². The molecule has 18 heavy (non-hydrogen) atoms. The van der Waals surface area contributed by atoms with Crippen LogP contribution in [0.2, 0.25) is 0 Å². The third kappa shape index (κ3) is 3.04. The first-order valence-corrected chi connectivity index (χ1v) is 6.53. The van der Waals surface area contributed by atoms with E-state index in [2.05, 4.69) is 57.2 Å². The van der Waals surface area contributed by atoms with Crippen molar-refractivity contribution in [3.63, 3.8) is 0 Å². The molecule has 1 aliphatic carbocycles. The van der Waals surface area contributed by atoms with Crippen LogP contribution in [0, 0.1) is 0 Å². The minimum Gasteiger partial charge on any atom is -0.497 e. The van der Waals surface area contributed by atoms with Crippen molar-refractivity contribution >= 4 is 0 Å². The lowest BCUT2D eigenvalue weighted by Gasteiger charge is -2.21. The van der Waals surface area contributed by atoms with E-state index in [1.807, 2.05) is 0 Å². The van der Waals surface area contributed by atoms with Gasteiger partial charge in [-0.2, -0.15) is 0 Å². The quantitative estimate of drug-likeness (QED) is 0.762. The lowest BCUT2D eigenvalue weighted by atomic mass is 9.85. The van der Waals surface area contributed by atoms with Gasteiger partial charge in [-0.15, -0.1) is 0 Å². The van der Waals surface area contributed by atoms with Crippen LogP contribution in [0.3, 0.4) is 0 Å². The summed E-state index contributed by atoms with van der Waals surface area (Å²) in [5.74, 6) is 0.958. The van der Waals surface area contributed by atoms with Crippen molar-refractivity contribution in [3.8, 4) is 5.75 Å². The fraction of sp³-hybridized carbons (Fsp3) is 0.412. The molecule has 1 nitrogen and oxygen atoms in total. The molecule has 1 aromatic rings. The second-order valence-electron chi connectivity index (χ2n) is 5.91. The summed E-state index contributed by atoms with van der Waals surface area (Å²) in [6, 6.07) is 6.58. The van der Waals surface area contributed by atoms with Gasteiger partial charge < -0.3 is 4.74 Å². The van der Waals surface area contributed by atoms with Crippen LogP contribution >= 0.6 is 0 Å². The van der Waals surface area contributed by atoms with Crippen LogP contribution < -0.4 is 4.74 Å². The Morgan fingerprint density at radius 3 is 2.50 bits per heavy atom. The largest absolute Gasteiger partial charge is 0.497 e. The normalized spacial score (nSPS) is 14.8. The average molecular weight is 242 g/mol. The van der Waals surface area contributed by atoms with Gasteiger partial charge in [0.2, 0.25) is 0 Å². The first kappa shape index (κ1) is 12.9. The Morgan fingerprint density at radius 2 is 1.94 bits per heavy atom. The molecule has 0 bridgehead atoms. The summed E-state index contributed by atoms with van der Waals surface area (Å²) in [7, 11) is 1.74. The molecule has 0 aliphatic heterocycles. The summed E-state index contributed by atoms with van der Waals surface area (Å²) in [5.41, 5.74) is 4.23. The maximum atomic E-state index is 5.42. The molecule has 1 heteroatoms. The highest BCUT2D eigenvalue weighted by Crippen LogP contribution is 2.29. The van der Waals surface area contributed by atoms with Crippen LogP contribution in [0.25, 0.3) is 0 Å². The van der Waals surface area contributed by atoms with Gasteiger partial charge in [-0.3, -0.25) is 0 Å². The van der Waals surface area contributed by atoms with E-state index in [1.165, 1.54) is 16.7 Å². The fourth-order valence-electron chi connectivity index (χ4n) is 2.19. The maximum Gasteiger partial charge on any atom is 0.119 e. The predicted octanol–water partition coefficient (Wildman–Crippen LogP) is 4.42. The summed E-state index contributed by atoms with van der Waals surface area (Å²) in [5, 5.41) is 0. The van der Waals surface area contributed by atoms with Crippen LogP contribution in [-0.4, -0.2) is 7.11 Å². The number of methoxy groups -OCH3 is 1. The van der Waals surface area contributed by atoms with E-state index in [1.54, 1.807) is 7.11 Å². The van der Waals surface area contributed by atoms with Gasteiger partial charge in [-0.05, 0) is 47.1 Å². The molecular weight excluding hydrogens is 220 g/mol. The van der Waals surface area contributed by atoms with Gasteiger partial charge in [0.15, 0.2) is 0 Å². The average Bonchev–Trinajstić information content (AvgIpc) is 2.80. The molecule has 0 unspecified atom stereocenters. The Labute approximate surface area is 110 Å². The number of allylic oxidation sites excluding steroid dienone is 4. The molecular formula is C17H22O. The summed E-state index contributed by atoms with van der Waals surface area (Å²) in [6.45, 7) is 6.71. The third-order valence-corrected chi connectivity index (χ3v) is 3.32. The molecule has 0 saturated carbocycles.